The summed E-state index contributed by atoms with van der Waals surface area (Å²) in [6.45, 7) is 7.72. The van der Waals surface area contributed by atoms with Gasteiger partial charge in [-0.05, 0) is 19.4 Å². The molecule has 0 bridgehead atoms. The van der Waals surface area contributed by atoms with Crippen LogP contribution < -0.4 is 0 Å². The topological polar surface area (TPSA) is 18.5 Å². The lowest BCUT2D eigenvalue weighted by molar-refractivity contribution is 0.178. The van der Waals surface area contributed by atoms with Crippen LogP contribution >= 0.6 is 11.6 Å². The van der Waals surface area contributed by atoms with Gasteiger partial charge in [0.1, 0.15) is 0 Å². The smallest absolute Gasteiger partial charge is 0.350 e. The fraction of sp³-hybridized carbons (Fsp3) is 1.00. The van der Waals surface area contributed by atoms with Crippen molar-refractivity contribution in [1.29, 1.82) is 0 Å². The standard InChI is InChI=1S/C8H19ClO2Si/c1-4-6-10-12(3,8-9)11-7-5-2/h4-8H2,1-3H3. The van der Waals surface area contributed by atoms with E-state index in [-0.39, 0.29) is 0 Å². The van der Waals surface area contributed by atoms with Crippen LogP contribution in [0.25, 0.3) is 0 Å². The molecule has 0 unspecified atom stereocenters. The first kappa shape index (κ1) is 12.4. The van der Waals surface area contributed by atoms with Crippen LogP contribution in [0.2, 0.25) is 6.55 Å². The van der Waals surface area contributed by atoms with Gasteiger partial charge in [0.05, 0.1) is 5.50 Å². The minimum absolute atomic E-state index is 0.521. The van der Waals surface area contributed by atoms with E-state index in [1.807, 2.05) is 6.55 Å². The van der Waals surface area contributed by atoms with E-state index in [2.05, 4.69) is 13.8 Å². The Labute approximate surface area is 81.5 Å². The van der Waals surface area contributed by atoms with Gasteiger partial charge in [-0.15, -0.1) is 11.6 Å². The highest BCUT2D eigenvalue weighted by Gasteiger charge is 2.29. The molecule has 0 rings (SSSR count). The zero-order valence-electron chi connectivity index (χ0n) is 8.23. The van der Waals surface area contributed by atoms with Crippen molar-refractivity contribution in [3.8, 4) is 0 Å². The summed E-state index contributed by atoms with van der Waals surface area (Å²) in [7, 11) is -2.00. The van der Waals surface area contributed by atoms with E-state index in [4.69, 9.17) is 20.5 Å². The van der Waals surface area contributed by atoms with Crippen LogP contribution in [0.1, 0.15) is 26.7 Å². The molecule has 0 atom stereocenters. The average molecular weight is 211 g/mol. The molecule has 0 fully saturated rings. The Morgan fingerprint density at radius 2 is 1.50 bits per heavy atom. The van der Waals surface area contributed by atoms with Crippen LogP contribution in [0.3, 0.4) is 0 Å². The summed E-state index contributed by atoms with van der Waals surface area (Å²) >= 11 is 5.79. The normalized spacial score (nSPS) is 12.0. The molecule has 0 heterocycles. The van der Waals surface area contributed by atoms with Gasteiger partial charge in [-0.1, -0.05) is 13.8 Å². The van der Waals surface area contributed by atoms with E-state index >= 15 is 0 Å². The summed E-state index contributed by atoms with van der Waals surface area (Å²) < 4.78 is 11.2. The second-order valence-corrected chi connectivity index (χ2v) is 6.88. The molecule has 0 aliphatic carbocycles. The molecule has 0 spiro atoms. The van der Waals surface area contributed by atoms with Crippen molar-refractivity contribution in [2.24, 2.45) is 0 Å². The molecule has 74 valence electrons. The maximum atomic E-state index is 5.79. The molecule has 0 N–H and O–H groups in total. The number of hydrogen-bond donors (Lipinski definition) is 0. The van der Waals surface area contributed by atoms with Gasteiger partial charge in [-0.3, -0.25) is 0 Å². The lowest BCUT2D eigenvalue weighted by Gasteiger charge is -2.24. The summed E-state index contributed by atoms with van der Waals surface area (Å²) in [5.41, 5.74) is 0.521. The van der Waals surface area contributed by atoms with Crippen molar-refractivity contribution in [3.05, 3.63) is 0 Å². The highest BCUT2D eigenvalue weighted by atomic mass is 35.5. The molecule has 2 nitrogen and oxygen atoms in total. The molecule has 0 aromatic rings. The van der Waals surface area contributed by atoms with E-state index in [9.17, 15) is 0 Å². The van der Waals surface area contributed by atoms with Gasteiger partial charge in [0.25, 0.3) is 0 Å². The van der Waals surface area contributed by atoms with E-state index in [0.29, 0.717) is 5.50 Å². The second kappa shape index (κ2) is 6.89. The van der Waals surface area contributed by atoms with Gasteiger partial charge in [-0.2, -0.15) is 0 Å². The van der Waals surface area contributed by atoms with Crippen LogP contribution in [-0.4, -0.2) is 27.3 Å². The molecule has 0 aliphatic rings. The monoisotopic (exact) mass is 210 g/mol. The molecule has 0 aromatic heterocycles. The summed E-state index contributed by atoms with van der Waals surface area (Å²) in [5.74, 6) is 0. The van der Waals surface area contributed by atoms with Gasteiger partial charge in [0.15, 0.2) is 0 Å². The average Bonchev–Trinajstić information content (AvgIpc) is 2.11. The minimum atomic E-state index is -2.00. The molecule has 0 saturated heterocycles. The summed E-state index contributed by atoms with van der Waals surface area (Å²) in [5, 5.41) is 0. The molecule has 0 amide bonds. The van der Waals surface area contributed by atoms with Gasteiger partial charge < -0.3 is 8.85 Å². The predicted molar refractivity (Wildman–Crippen MR) is 54.8 cm³/mol. The highest BCUT2D eigenvalue weighted by Crippen LogP contribution is 2.10. The highest BCUT2D eigenvalue weighted by molar-refractivity contribution is 6.73. The van der Waals surface area contributed by atoms with Crippen molar-refractivity contribution in [1.82, 2.24) is 0 Å². The molecule has 0 aliphatic heterocycles. The Hall–Kier alpha value is 0.427. The Morgan fingerprint density at radius 3 is 1.75 bits per heavy atom. The van der Waals surface area contributed by atoms with Crippen LogP contribution in [0.5, 0.6) is 0 Å². The van der Waals surface area contributed by atoms with Crippen LogP contribution in [0.15, 0.2) is 0 Å². The van der Waals surface area contributed by atoms with Crippen LogP contribution in [0, 0.1) is 0 Å². The molecular formula is C8H19ClO2Si. The van der Waals surface area contributed by atoms with Crippen molar-refractivity contribution < 1.29 is 8.85 Å². The Bertz CT molecular complexity index is 103. The van der Waals surface area contributed by atoms with Crippen molar-refractivity contribution >= 4 is 20.2 Å². The number of hydrogen-bond acceptors (Lipinski definition) is 2. The maximum Gasteiger partial charge on any atom is 0.350 e. The minimum Gasteiger partial charge on any atom is -0.394 e. The van der Waals surface area contributed by atoms with Crippen molar-refractivity contribution in [3.63, 3.8) is 0 Å². The van der Waals surface area contributed by atoms with Crippen molar-refractivity contribution in [2.45, 2.75) is 33.2 Å². The summed E-state index contributed by atoms with van der Waals surface area (Å²) in [4.78, 5) is 0. The van der Waals surface area contributed by atoms with Gasteiger partial charge >= 0.3 is 8.56 Å². The van der Waals surface area contributed by atoms with E-state index in [1.165, 1.54) is 0 Å². The first-order chi connectivity index (χ1) is 5.68. The fourth-order valence-corrected chi connectivity index (χ4v) is 2.73. The Morgan fingerprint density at radius 1 is 1.08 bits per heavy atom. The largest absolute Gasteiger partial charge is 0.394 e. The third-order valence-corrected chi connectivity index (χ3v) is 5.04. The quantitative estimate of drug-likeness (QED) is 0.475. The van der Waals surface area contributed by atoms with E-state index in [0.717, 1.165) is 26.1 Å². The van der Waals surface area contributed by atoms with Gasteiger partial charge in [0, 0.05) is 13.2 Å². The molecule has 0 aromatic carbocycles. The number of halogens is 1. The molecule has 0 radical (unpaired) electrons. The molecule has 4 heteroatoms. The number of rotatable bonds is 7. The molecule has 12 heavy (non-hydrogen) atoms. The van der Waals surface area contributed by atoms with E-state index < -0.39 is 8.56 Å². The maximum absolute atomic E-state index is 5.79. The molecule has 0 saturated carbocycles. The van der Waals surface area contributed by atoms with Crippen molar-refractivity contribution in [2.75, 3.05) is 18.7 Å². The van der Waals surface area contributed by atoms with Crippen LogP contribution in [-0.2, 0) is 8.85 Å². The third-order valence-electron chi connectivity index (χ3n) is 1.47. The SMILES string of the molecule is CCCO[Si](C)(CCl)OCCC. The van der Waals surface area contributed by atoms with E-state index in [1.54, 1.807) is 0 Å². The number of alkyl halides is 1. The summed E-state index contributed by atoms with van der Waals surface area (Å²) in [6.07, 6.45) is 2.05. The third kappa shape index (κ3) is 5.14. The first-order valence-corrected chi connectivity index (χ1v) is 7.58. The fourth-order valence-electron chi connectivity index (χ4n) is 0.755. The predicted octanol–water partition coefficient (Wildman–Crippen LogP) is 2.69. The zero-order chi connectivity index (χ0) is 9.45. The summed E-state index contributed by atoms with van der Waals surface area (Å²) in [6, 6.07) is 0. The van der Waals surface area contributed by atoms with Crippen LogP contribution in [0.4, 0.5) is 0 Å². The second-order valence-electron chi connectivity index (χ2n) is 2.96. The Balaban J connectivity index is 3.70. The lowest BCUT2D eigenvalue weighted by atomic mass is 10.5. The first-order valence-electron chi connectivity index (χ1n) is 4.52. The molecular weight excluding hydrogens is 192 g/mol. The zero-order valence-corrected chi connectivity index (χ0v) is 9.99. The van der Waals surface area contributed by atoms with Gasteiger partial charge in [0.2, 0.25) is 0 Å². The van der Waals surface area contributed by atoms with Gasteiger partial charge in [-0.25, -0.2) is 0 Å². The Kier molecular flexibility index (Phi) is 7.14. The lowest BCUT2D eigenvalue weighted by Crippen LogP contribution is -2.41.